The number of pyridine rings is 1. The molecule has 1 heteroatoms. The summed E-state index contributed by atoms with van der Waals surface area (Å²) in [4.78, 5) is 4.99. The minimum absolute atomic E-state index is 0.992. The third kappa shape index (κ3) is 2.92. The van der Waals surface area contributed by atoms with Crippen molar-refractivity contribution < 1.29 is 0 Å². The second-order valence-corrected chi connectivity index (χ2v) is 7.73. The lowest BCUT2D eigenvalue weighted by Crippen LogP contribution is -1.89. The molecule has 0 aliphatic carbocycles. The Bertz CT molecular complexity index is 1060. The van der Waals surface area contributed by atoms with E-state index >= 15 is 0 Å². The highest BCUT2D eigenvalue weighted by molar-refractivity contribution is 5.80. The molecular formula is C29H19N. The first kappa shape index (κ1) is 16.9. The van der Waals surface area contributed by atoms with Crippen LogP contribution in [0.15, 0.2) is 115 Å². The summed E-state index contributed by atoms with van der Waals surface area (Å²) < 4.78 is 0. The van der Waals surface area contributed by atoms with Crippen molar-refractivity contribution in [3.05, 3.63) is 115 Å². The first-order valence-electron chi connectivity index (χ1n) is 10.2. The van der Waals surface area contributed by atoms with E-state index in [4.69, 9.17) is 4.98 Å². The van der Waals surface area contributed by atoms with E-state index in [1.54, 1.807) is 0 Å². The molecule has 4 aromatic carbocycles. The summed E-state index contributed by atoms with van der Waals surface area (Å²) in [5, 5.41) is 0. The Balaban J connectivity index is 1.68. The number of aromatic nitrogens is 1. The van der Waals surface area contributed by atoms with E-state index in [-0.39, 0.29) is 0 Å². The van der Waals surface area contributed by atoms with Crippen molar-refractivity contribution in [3.63, 3.8) is 0 Å². The van der Waals surface area contributed by atoms with E-state index in [2.05, 4.69) is 115 Å². The molecule has 30 heavy (non-hydrogen) atoms. The first-order chi connectivity index (χ1) is 14.8. The van der Waals surface area contributed by atoms with Crippen molar-refractivity contribution in [1.82, 2.24) is 4.98 Å². The quantitative estimate of drug-likeness (QED) is 0.262. The van der Waals surface area contributed by atoms with Crippen molar-refractivity contribution >= 4 is 0 Å². The van der Waals surface area contributed by atoms with E-state index < -0.39 is 0 Å². The van der Waals surface area contributed by atoms with Crippen LogP contribution in [-0.4, -0.2) is 4.98 Å². The van der Waals surface area contributed by atoms with Gasteiger partial charge in [-0.25, -0.2) is 4.98 Å². The SMILES string of the molecule is c1cc2cc(c1)-c1cccc(c1)-c1cccc(n1)-c1cccc(c1)-c1cccc-2c1. The van der Waals surface area contributed by atoms with Crippen molar-refractivity contribution in [1.29, 1.82) is 0 Å². The predicted molar refractivity (Wildman–Crippen MR) is 125 cm³/mol. The molecular weight excluding hydrogens is 362 g/mol. The Kier molecular flexibility index (Phi) is 3.85. The lowest BCUT2D eigenvalue weighted by Gasteiger charge is -2.09. The summed E-state index contributed by atoms with van der Waals surface area (Å²) >= 11 is 0. The summed E-state index contributed by atoms with van der Waals surface area (Å²) in [6, 6.07) is 41.1. The van der Waals surface area contributed by atoms with Crippen LogP contribution in [0, 0.1) is 0 Å². The normalized spacial score (nSPS) is 11.3. The minimum atomic E-state index is 0.992. The second kappa shape index (κ2) is 6.82. The second-order valence-electron chi connectivity index (χ2n) is 7.73. The van der Waals surface area contributed by atoms with Gasteiger partial charge in [0.15, 0.2) is 0 Å². The van der Waals surface area contributed by atoms with Gasteiger partial charge in [0.1, 0.15) is 0 Å². The smallest absolute Gasteiger partial charge is 0.0709 e. The molecule has 1 aliphatic rings. The van der Waals surface area contributed by atoms with E-state index in [1.165, 1.54) is 33.4 Å². The molecule has 1 aliphatic heterocycles. The minimum Gasteiger partial charge on any atom is -0.248 e. The fourth-order valence-corrected chi connectivity index (χ4v) is 4.23. The molecule has 6 rings (SSSR count). The summed E-state index contributed by atoms with van der Waals surface area (Å²) in [5.74, 6) is 0. The zero-order chi connectivity index (χ0) is 19.9. The molecule has 0 saturated heterocycles. The van der Waals surface area contributed by atoms with Crippen LogP contribution in [-0.2, 0) is 0 Å². The van der Waals surface area contributed by atoms with Gasteiger partial charge in [-0.3, -0.25) is 0 Å². The van der Waals surface area contributed by atoms with E-state index in [1.807, 2.05) is 0 Å². The van der Waals surface area contributed by atoms with Crippen LogP contribution >= 0.6 is 0 Å². The number of hydrogen-bond donors (Lipinski definition) is 0. The van der Waals surface area contributed by atoms with Crippen LogP contribution in [0.1, 0.15) is 0 Å². The first-order valence-corrected chi connectivity index (χ1v) is 10.2. The summed E-state index contributed by atoms with van der Waals surface area (Å²) in [6.07, 6.45) is 0. The molecule has 0 amide bonds. The number of nitrogens with zero attached hydrogens (tertiary/aromatic N) is 1. The van der Waals surface area contributed by atoms with Gasteiger partial charge in [0.25, 0.3) is 0 Å². The molecule has 0 atom stereocenters. The van der Waals surface area contributed by atoms with Crippen LogP contribution in [0.2, 0.25) is 0 Å². The monoisotopic (exact) mass is 381 g/mol. The van der Waals surface area contributed by atoms with Crippen LogP contribution < -0.4 is 0 Å². The van der Waals surface area contributed by atoms with Gasteiger partial charge in [-0.05, 0) is 69.8 Å². The summed E-state index contributed by atoms with van der Waals surface area (Å²) in [7, 11) is 0. The maximum Gasteiger partial charge on any atom is 0.0709 e. The molecule has 0 fully saturated rings. The molecule has 0 saturated carbocycles. The fourth-order valence-electron chi connectivity index (χ4n) is 4.23. The van der Waals surface area contributed by atoms with Crippen LogP contribution in [0.5, 0.6) is 0 Å². The molecule has 5 aromatic rings. The third-order valence-corrected chi connectivity index (χ3v) is 5.79. The Labute approximate surface area is 176 Å². The average molecular weight is 381 g/mol. The highest BCUT2D eigenvalue weighted by Crippen LogP contribution is 2.33. The summed E-state index contributed by atoms with van der Waals surface area (Å²) in [5.41, 5.74) is 11.5. The zero-order valence-electron chi connectivity index (χ0n) is 16.4. The van der Waals surface area contributed by atoms with E-state index in [0.29, 0.717) is 0 Å². The number of benzene rings is 4. The summed E-state index contributed by atoms with van der Waals surface area (Å²) in [6.45, 7) is 0. The van der Waals surface area contributed by atoms with Gasteiger partial charge in [-0.2, -0.15) is 0 Å². The van der Waals surface area contributed by atoms with Gasteiger partial charge in [0, 0.05) is 11.1 Å². The predicted octanol–water partition coefficient (Wildman–Crippen LogP) is 7.73. The number of hydrogen-bond acceptors (Lipinski definition) is 1. The Hall–Kier alpha value is -3.97. The van der Waals surface area contributed by atoms with Gasteiger partial charge in [-0.15, -0.1) is 0 Å². The topological polar surface area (TPSA) is 12.9 Å². The average Bonchev–Trinajstić information content (AvgIpc) is 2.84. The van der Waals surface area contributed by atoms with Gasteiger partial charge in [-0.1, -0.05) is 78.9 Å². The molecule has 0 N–H and O–H groups in total. The van der Waals surface area contributed by atoms with Crippen molar-refractivity contribution in [3.8, 4) is 55.9 Å². The maximum atomic E-state index is 4.99. The Morgan fingerprint density at radius 1 is 0.300 bits per heavy atom. The molecule has 2 heterocycles. The largest absolute Gasteiger partial charge is 0.248 e. The van der Waals surface area contributed by atoms with E-state index in [9.17, 15) is 0 Å². The van der Waals surface area contributed by atoms with E-state index in [0.717, 1.165) is 22.5 Å². The zero-order valence-corrected chi connectivity index (χ0v) is 16.4. The Morgan fingerprint density at radius 3 is 0.933 bits per heavy atom. The number of rotatable bonds is 0. The van der Waals surface area contributed by atoms with Crippen LogP contribution in [0.25, 0.3) is 55.9 Å². The van der Waals surface area contributed by atoms with Gasteiger partial charge >= 0.3 is 0 Å². The maximum absolute atomic E-state index is 4.99. The highest BCUT2D eigenvalue weighted by atomic mass is 14.7. The lowest BCUT2D eigenvalue weighted by molar-refractivity contribution is 1.32. The van der Waals surface area contributed by atoms with Gasteiger partial charge in [0.05, 0.1) is 11.4 Å². The molecule has 1 nitrogen and oxygen atoms in total. The molecule has 0 spiro atoms. The standard InChI is InChI=1S/C29H19N/c1-6-20-16-22(8-1)24-10-3-12-26(18-24)28-14-5-15-29(30-28)27-13-4-11-25(19-27)23-9-2-7-21(20)17-23/h1-19H. The Morgan fingerprint density at radius 2 is 0.567 bits per heavy atom. The fraction of sp³-hybridized carbons (Fsp3) is 0. The molecule has 0 unspecified atom stereocenters. The van der Waals surface area contributed by atoms with Gasteiger partial charge in [0.2, 0.25) is 0 Å². The third-order valence-electron chi connectivity index (χ3n) is 5.79. The van der Waals surface area contributed by atoms with Gasteiger partial charge < -0.3 is 0 Å². The molecule has 140 valence electrons. The van der Waals surface area contributed by atoms with Crippen LogP contribution in [0.4, 0.5) is 0 Å². The lowest BCUT2D eigenvalue weighted by atomic mass is 9.95. The number of fused-ring (bicyclic) bond motifs is 15. The molecule has 1 aromatic heterocycles. The van der Waals surface area contributed by atoms with Crippen molar-refractivity contribution in [2.45, 2.75) is 0 Å². The molecule has 10 bridgehead atoms. The van der Waals surface area contributed by atoms with Crippen molar-refractivity contribution in [2.24, 2.45) is 0 Å². The van der Waals surface area contributed by atoms with Crippen LogP contribution in [0.3, 0.4) is 0 Å². The van der Waals surface area contributed by atoms with Crippen molar-refractivity contribution in [2.75, 3.05) is 0 Å². The highest BCUT2D eigenvalue weighted by Gasteiger charge is 2.09. The molecule has 0 radical (unpaired) electrons.